The van der Waals surface area contributed by atoms with E-state index in [0.29, 0.717) is 0 Å². The number of hydrogen-bond acceptors (Lipinski definition) is 2. The summed E-state index contributed by atoms with van der Waals surface area (Å²) in [6.45, 7) is 5.21. The van der Waals surface area contributed by atoms with Gasteiger partial charge in [-0.1, -0.05) is 66.2 Å². The van der Waals surface area contributed by atoms with E-state index in [-0.39, 0.29) is 0 Å². The van der Waals surface area contributed by atoms with E-state index in [9.17, 15) is 0 Å². The van der Waals surface area contributed by atoms with E-state index >= 15 is 0 Å². The summed E-state index contributed by atoms with van der Waals surface area (Å²) in [4.78, 5) is 4.85. The van der Waals surface area contributed by atoms with E-state index in [1.54, 1.807) is 0 Å². The molecule has 2 aromatic rings. The number of hydrogen-bond donors (Lipinski definition) is 0. The summed E-state index contributed by atoms with van der Waals surface area (Å²) in [5, 5.41) is 0.847. The van der Waals surface area contributed by atoms with Crippen LogP contribution in [0.25, 0.3) is 6.08 Å². The highest BCUT2D eigenvalue weighted by Gasteiger charge is 2.17. The van der Waals surface area contributed by atoms with Crippen LogP contribution in [0.3, 0.4) is 0 Å². The molecule has 0 radical (unpaired) electrons. The Bertz CT molecular complexity index is 616. The Labute approximate surface area is 137 Å². The fourth-order valence-electron chi connectivity index (χ4n) is 2.78. The van der Waals surface area contributed by atoms with Gasteiger partial charge in [-0.15, -0.1) is 0 Å². The number of nitrogens with zero attached hydrogens (tertiary/aromatic N) is 2. The smallest absolute Gasteiger partial charge is 0.0639 e. The summed E-state index contributed by atoms with van der Waals surface area (Å²) in [5.41, 5.74) is 2.42. The quantitative estimate of drug-likeness (QED) is 0.836. The maximum Gasteiger partial charge on any atom is 0.0639 e. The van der Waals surface area contributed by atoms with Gasteiger partial charge in [0.2, 0.25) is 0 Å². The lowest BCUT2D eigenvalue weighted by atomic mass is 10.2. The van der Waals surface area contributed by atoms with Crippen LogP contribution < -0.4 is 4.90 Å². The van der Waals surface area contributed by atoms with Gasteiger partial charge < -0.3 is 4.90 Å². The Balaban J connectivity index is 1.50. The van der Waals surface area contributed by atoms with Crippen LogP contribution in [0.15, 0.2) is 60.7 Å². The zero-order valence-electron chi connectivity index (χ0n) is 12.7. The van der Waals surface area contributed by atoms with Crippen molar-refractivity contribution in [3.05, 3.63) is 71.3 Å². The van der Waals surface area contributed by atoms with Crippen molar-refractivity contribution in [2.45, 2.75) is 0 Å². The minimum absolute atomic E-state index is 0.847. The first kappa shape index (κ1) is 15.1. The summed E-state index contributed by atoms with van der Waals surface area (Å²) in [6, 6.07) is 18.6. The Morgan fingerprint density at radius 1 is 0.864 bits per heavy atom. The van der Waals surface area contributed by atoms with Gasteiger partial charge in [0.05, 0.1) is 10.7 Å². The normalized spacial score (nSPS) is 16.3. The van der Waals surface area contributed by atoms with Gasteiger partial charge in [-0.05, 0) is 17.7 Å². The van der Waals surface area contributed by atoms with Crippen LogP contribution in [-0.4, -0.2) is 37.6 Å². The number of para-hydroxylation sites is 1. The maximum absolute atomic E-state index is 6.28. The second kappa shape index (κ2) is 7.48. The van der Waals surface area contributed by atoms with Crippen LogP contribution in [0.5, 0.6) is 0 Å². The highest BCUT2D eigenvalue weighted by molar-refractivity contribution is 6.33. The molecular weight excluding hydrogens is 292 g/mol. The van der Waals surface area contributed by atoms with E-state index in [4.69, 9.17) is 11.6 Å². The minimum Gasteiger partial charge on any atom is -0.368 e. The predicted molar refractivity (Wildman–Crippen MR) is 95.6 cm³/mol. The molecule has 1 aliphatic rings. The van der Waals surface area contributed by atoms with Crippen LogP contribution in [-0.2, 0) is 0 Å². The molecule has 1 saturated heterocycles. The van der Waals surface area contributed by atoms with Crippen molar-refractivity contribution >= 4 is 23.4 Å². The molecule has 0 N–H and O–H groups in total. The Hall–Kier alpha value is -1.77. The van der Waals surface area contributed by atoms with Crippen molar-refractivity contribution in [1.82, 2.24) is 4.90 Å². The lowest BCUT2D eigenvalue weighted by Crippen LogP contribution is -2.46. The number of halogens is 1. The molecule has 3 heteroatoms. The molecule has 0 saturated carbocycles. The SMILES string of the molecule is Clc1ccccc1N1CCN(C/C=C/c2ccccc2)CC1. The summed E-state index contributed by atoms with van der Waals surface area (Å²) < 4.78 is 0. The summed E-state index contributed by atoms with van der Waals surface area (Å²) >= 11 is 6.28. The molecule has 1 fully saturated rings. The van der Waals surface area contributed by atoms with Gasteiger partial charge >= 0.3 is 0 Å². The Morgan fingerprint density at radius 2 is 1.55 bits per heavy atom. The molecular formula is C19H21ClN2. The molecule has 0 atom stereocenters. The maximum atomic E-state index is 6.28. The average molecular weight is 313 g/mol. The molecule has 1 aliphatic heterocycles. The van der Waals surface area contributed by atoms with Crippen molar-refractivity contribution in [2.75, 3.05) is 37.6 Å². The molecule has 0 bridgehead atoms. The van der Waals surface area contributed by atoms with Crippen molar-refractivity contribution in [1.29, 1.82) is 0 Å². The third-order valence-corrected chi connectivity index (χ3v) is 4.36. The van der Waals surface area contributed by atoms with Crippen LogP contribution in [0.1, 0.15) is 5.56 Å². The fourth-order valence-corrected chi connectivity index (χ4v) is 3.04. The molecule has 0 unspecified atom stereocenters. The van der Waals surface area contributed by atoms with E-state index in [2.05, 4.69) is 58.4 Å². The molecule has 2 nitrogen and oxygen atoms in total. The largest absolute Gasteiger partial charge is 0.368 e. The van der Waals surface area contributed by atoms with Crippen LogP contribution in [0.4, 0.5) is 5.69 Å². The standard InChI is InChI=1S/C19H21ClN2/c20-18-10-4-5-11-19(18)22-15-13-21(14-16-22)12-6-9-17-7-2-1-3-8-17/h1-11H,12-16H2/b9-6+. The van der Waals surface area contributed by atoms with Crippen molar-refractivity contribution in [3.63, 3.8) is 0 Å². The monoisotopic (exact) mass is 312 g/mol. The first-order chi connectivity index (χ1) is 10.8. The molecule has 3 rings (SSSR count). The first-order valence-corrected chi connectivity index (χ1v) is 8.14. The van der Waals surface area contributed by atoms with Crippen LogP contribution >= 0.6 is 11.6 Å². The first-order valence-electron chi connectivity index (χ1n) is 7.76. The van der Waals surface area contributed by atoms with Crippen molar-refractivity contribution in [3.8, 4) is 0 Å². The van der Waals surface area contributed by atoms with Gasteiger partial charge in [-0.3, -0.25) is 4.90 Å². The summed E-state index contributed by atoms with van der Waals surface area (Å²) in [5.74, 6) is 0. The number of anilines is 1. The highest BCUT2D eigenvalue weighted by atomic mass is 35.5. The second-order valence-electron chi connectivity index (χ2n) is 5.55. The average Bonchev–Trinajstić information content (AvgIpc) is 2.57. The molecule has 22 heavy (non-hydrogen) atoms. The summed E-state index contributed by atoms with van der Waals surface area (Å²) in [7, 11) is 0. The lowest BCUT2D eigenvalue weighted by molar-refractivity contribution is 0.284. The van der Waals surface area contributed by atoms with E-state index in [1.807, 2.05) is 18.2 Å². The topological polar surface area (TPSA) is 6.48 Å². The van der Waals surface area contributed by atoms with Crippen LogP contribution in [0, 0.1) is 0 Å². The number of rotatable bonds is 4. The third-order valence-electron chi connectivity index (χ3n) is 4.04. The number of benzene rings is 2. The number of piperazine rings is 1. The minimum atomic E-state index is 0.847. The van der Waals surface area contributed by atoms with E-state index in [0.717, 1.165) is 43.4 Å². The van der Waals surface area contributed by atoms with Gasteiger partial charge in [0.15, 0.2) is 0 Å². The molecule has 0 aromatic heterocycles. The van der Waals surface area contributed by atoms with Crippen molar-refractivity contribution < 1.29 is 0 Å². The second-order valence-corrected chi connectivity index (χ2v) is 5.96. The van der Waals surface area contributed by atoms with Crippen LogP contribution in [0.2, 0.25) is 5.02 Å². The molecule has 0 amide bonds. The molecule has 2 aromatic carbocycles. The van der Waals surface area contributed by atoms with Gasteiger partial charge in [-0.2, -0.15) is 0 Å². The van der Waals surface area contributed by atoms with E-state index in [1.165, 1.54) is 5.56 Å². The van der Waals surface area contributed by atoms with E-state index < -0.39 is 0 Å². The van der Waals surface area contributed by atoms with Crippen molar-refractivity contribution in [2.24, 2.45) is 0 Å². The van der Waals surface area contributed by atoms with Gasteiger partial charge in [0.25, 0.3) is 0 Å². The van der Waals surface area contributed by atoms with Gasteiger partial charge in [0, 0.05) is 32.7 Å². The van der Waals surface area contributed by atoms with Gasteiger partial charge in [-0.25, -0.2) is 0 Å². The third kappa shape index (κ3) is 3.90. The molecule has 1 heterocycles. The molecule has 114 valence electrons. The zero-order chi connectivity index (χ0) is 15.2. The lowest BCUT2D eigenvalue weighted by Gasteiger charge is -2.36. The zero-order valence-corrected chi connectivity index (χ0v) is 13.4. The Morgan fingerprint density at radius 3 is 2.27 bits per heavy atom. The predicted octanol–water partition coefficient (Wildman–Crippen LogP) is 4.18. The highest BCUT2D eigenvalue weighted by Crippen LogP contribution is 2.25. The molecule has 0 spiro atoms. The fraction of sp³-hybridized carbons (Fsp3) is 0.263. The van der Waals surface area contributed by atoms with Gasteiger partial charge in [0.1, 0.15) is 0 Å². The Kier molecular flexibility index (Phi) is 5.15. The molecule has 0 aliphatic carbocycles. The summed E-state index contributed by atoms with van der Waals surface area (Å²) in [6.07, 6.45) is 4.45.